The van der Waals surface area contributed by atoms with Crippen molar-refractivity contribution in [2.24, 2.45) is 0 Å². The van der Waals surface area contributed by atoms with Crippen molar-refractivity contribution in [2.45, 2.75) is 6.92 Å². The van der Waals surface area contributed by atoms with E-state index in [1.165, 1.54) is 14.0 Å². The molecule has 0 spiro atoms. The van der Waals surface area contributed by atoms with Gasteiger partial charge in [-0.25, -0.2) is 4.79 Å². The molecule has 0 atom stereocenters. The fraction of sp³-hybridized carbons (Fsp3) is 0.105. The molecular formula is C19H16N2O5. The fourth-order valence-electron chi connectivity index (χ4n) is 2.50. The van der Waals surface area contributed by atoms with E-state index < -0.39 is 11.5 Å². The van der Waals surface area contributed by atoms with Crippen LogP contribution in [0.15, 0.2) is 57.7 Å². The highest BCUT2D eigenvalue weighted by atomic mass is 16.5. The molecule has 3 aromatic rings. The van der Waals surface area contributed by atoms with Crippen LogP contribution in [-0.2, 0) is 4.79 Å². The standard InChI is InChI=1S/C19H16N2O5/c1-11(22)20-12-3-5-13(6-4-12)21-19(24)16-10-18(23)26-17-9-14(25-2)7-8-15(16)17/h3-10H,1-2H3,(H,20,22)(H,21,24). The number of ether oxygens (including phenoxy) is 1. The molecule has 0 radical (unpaired) electrons. The number of amides is 2. The first-order valence-electron chi connectivity index (χ1n) is 7.77. The lowest BCUT2D eigenvalue weighted by molar-refractivity contribution is -0.114. The van der Waals surface area contributed by atoms with Gasteiger partial charge in [-0.15, -0.1) is 0 Å². The number of anilines is 2. The molecule has 0 saturated carbocycles. The fourth-order valence-corrected chi connectivity index (χ4v) is 2.50. The predicted octanol–water partition coefficient (Wildman–Crippen LogP) is 3.01. The first-order chi connectivity index (χ1) is 12.5. The van der Waals surface area contributed by atoms with Gasteiger partial charge in [-0.05, 0) is 36.4 Å². The molecule has 0 aliphatic heterocycles. The molecule has 3 rings (SSSR count). The SMILES string of the molecule is COc1ccc2c(C(=O)Nc3ccc(NC(C)=O)cc3)cc(=O)oc2c1. The quantitative estimate of drug-likeness (QED) is 0.704. The molecule has 26 heavy (non-hydrogen) atoms. The molecule has 2 N–H and O–H groups in total. The van der Waals surface area contributed by atoms with Crippen LogP contribution in [0.1, 0.15) is 17.3 Å². The second-order valence-corrected chi connectivity index (χ2v) is 5.55. The molecule has 132 valence electrons. The Morgan fingerprint density at radius 1 is 0.962 bits per heavy atom. The van der Waals surface area contributed by atoms with E-state index in [0.717, 1.165) is 6.07 Å². The van der Waals surface area contributed by atoms with E-state index in [4.69, 9.17) is 9.15 Å². The van der Waals surface area contributed by atoms with Crippen molar-refractivity contribution < 1.29 is 18.7 Å². The van der Waals surface area contributed by atoms with Crippen LogP contribution in [0.25, 0.3) is 11.0 Å². The van der Waals surface area contributed by atoms with Gasteiger partial charge in [-0.3, -0.25) is 9.59 Å². The molecule has 0 bridgehead atoms. The van der Waals surface area contributed by atoms with Gasteiger partial charge in [0, 0.05) is 35.8 Å². The molecule has 0 fully saturated rings. The Hall–Kier alpha value is -3.61. The molecule has 7 nitrogen and oxygen atoms in total. The van der Waals surface area contributed by atoms with Gasteiger partial charge in [0.25, 0.3) is 5.91 Å². The van der Waals surface area contributed by atoms with Gasteiger partial charge in [-0.2, -0.15) is 0 Å². The van der Waals surface area contributed by atoms with Gasteiger partial charge in [0.05, 0.1) is 12.7 Å². The first kappa shape index (κ1) is 17.2. The van der Waals surface area contributed by atoms with Gasteiger partial charge in [-0.1, -0.05) is 0 Å². The number of carbonyl (C=O) groups is 2. The van der Waals surface area contributed by atoms with Crippen LogP contribution in [0.4, 0.5) is 11.4 Å². The summed E-state index contributed by atoms with van der Waals surface area (Å²) in [6, 6.07) is 12.7. The van der Waals surface area contributed by atoms with Crippen LogP contribution >= 0.6 is 0 Å². The molecule has 0 unspecified atom stereocenters. The zero-order chi connectivity index (χ0) is 18.7. The van der Waals surface area contributed by atoms with Crippen LogP contribution < -0.4 is 21.0 Å². The average molecular weight is 352 g/mol. The molecule has 0 saturated heterocycles. The van der Waals surface area contributed by atoms with Crippen molar-refractivity contribution in [3.05, 3.63) is 64.5 Å². The lowest BCUT2D eigenvalue weighted by atomic mass is 10.1. The third-order valence-electron chi connectivity index (χ3n) is 3.66. The Labute approximate surface area is 148 Å². The monoisotopic (exact) mass is 352 g/mol. The summed E-state index contributed by atoms with van der Waals surface area (Å²) in [6.07, 6.45) is 0. The Morgan fingerprint density at radius 2 is 1.62 bits per heavy atom. The highest BCUT2D eigenvalue weighted by Crippen LogP contribution is 2.23. The second kappa shape index (κ2) is 7.10. The summed E-state index contributed by atoms with van der Waals surface area (Å²) in [7, 11) is 1.50. The van der Waals surface area contributed by atoms with E-state index in [1.54, 1.807) is 42.5 Å². The molecule has 1 heterocycles. The third kappa shape index (κ3) is 3.72. The van der Waals surface area contributed by atoms with Crippen LogP contribution in [0, 0.1) is 0 Å². The minimum absolute atomic E-state index is 0.181. The maximum absolute atomic E-state index is 12.6. The summed E-state index contributed by atoms with van der Waals surface area (Å²) < 4.78 is 10.2. The molecular weight excluding hydrogens is 336 g/mol. The maximum atomic E-state index is 12.6. The summed E-state index contributed by atoms with van der Waals surface area (Å²) in [5.41, 5.74) is 0.983. The molecule has 2 aromatic carbocycles. The number of rotatable bonds is 4. The van der Waals surface area contributed by atoms with Gasteiger partial charge in [0.15, 0.2) is 0 Å². The molecule has 0 aliphatic carbocycles. The highest BCUT2D eigenvalue weighted by Gasteiger charge is 2.14. The van der Waals surface area contributed by atoms with Crippen molar-refractivity contribution in [2.75, 3.05) is 17.7 Å². The lowest BCUT2D eigenvalue weighted by Crippen LogP contribution is -2.15. The number of methoxy groups -OCH3 is 1. The van der Waals surface area contributed by atoms with Crippen molar-refractivity contribution in [3.8, 4) is 5.75 Å². The van der Waals surface area contributed by atoms with Gasteiger partial charge >= 0.3 is 5.63 Å². The Kier molecular flexibility index (Phi) is 4.70. The van der Waals surface area contributed by atoms with Crippen LogP contribution in [-0.4, -0.2) is 18.9 Å². The van der Waals surface area contributed by atoms with E-state index in [9.17, 15) is 14.4 Å². The first-order valence-corrected chi connectivity index (χ1v) is 7.77. The van der Waals surface area contributed by atoms with Crippen molar-refractivity contribution in [3.63, 3.8) is 0 Å². The van der Waals surface area contributed by atoms with Crippen LogP contribution in [0.3, 0.4) is 0 Å². The normalized spacial score (nSPS) is 10.4. The Morgan fingerprint density at radius 3 is 2.23 bits per heavy atom. The topological polar surface area (TPSA) is 97.6 Å². The molecule has 1 aromatic heterocycles. The average Bonchev–Trinajstić information content (AvgIpc) is 2.61. The van der Waals surface area contributed by atoms with E-state index >= 15 is 0 Å². The molecule has 0 aliphatic rings. The van der Waals surface area contributed by atoms with Gasteiger partial charge < -0.3 is 19.8 Å². The summed E-state index contributed by atoms with van der Waals surface area (Å²) in [5, 5.41) is 5.86. The van der Waals surface area contributed by atoms with Gasteiger partial charge in [0.1, 0.15) is 11.3 Å². The number of hydrogen-bond acceptors (Lipinski definition) is 5. The summed E-state index contributed by atoms with van der Waals surface area (Å²) >= 11 is 0. The summed E-state index contributed by atoms with van der Waals surface area (Å²) in [6.45, 7) is 1.41. The van der Waals surface area contributed by atoms with Crippen molar-refractivity contribution in [1.29, 1.82) is 0 Å². The minimum atomic E-state index is -0.628. The third-order valence-corrected chi connectivity index (χ3v) is 3.66. The van der Waals surface area contributed by atoms with E-state index in [0.29, 0.717) is 22.5 Å². The minimum Gasteiger partial charge on any atom is -0.497 e. The van der Waals surface area contributed by atoms with E-state index in [1.807, 2.05) is 0 Å². The number of hydrogen-bond donors (Lipinski definition) is 2. The number of nitrogens with one attached hydrogen (secondary N) is 2. The summed E-state index contributed by atoms with van der Waals surface area (Å²) in [5.74, 6) is -0.105. The zero-order valence-electron chi connectivity index (χ0n) is 14.2. The van der Waals surface area contributed by atoms with Crippen molar-refractivity contribution in [1.82, 2.24) is 0 Å². The van der Waals surface area contributed by atoms with Crippen LogP contribution in [0.5, 0.6) is 5.75 Å². The Balaban J connectivity index is 1.90. The highest BCUT2D eigenvalue weighted by molar-refractivity contribution is 6.12. The van der Waals surface area contributed by atoms with E-state index in [2.05, 4.69) is 10.6 Å². The smallest absolute Gasteiger partial charge is 0.337 e. The number of benzene rings is 2. The number of fused-ring (bicyclic) bond motifs is 1. The maximum Gasteiger partial charge on any atom is 0.337 e. The van der Waals surface area contributed by atoms with E-state index in [-0.39, 0.29) is 17.1 Å². The molecule has 2 amide bonds. The van der Waals surface area contributed by atoms with Crippen molar-refractivity contribution >= 4 is 34.2 Å². The van der Waals surface area contributed by atoms with Crippen LogP contribution in [0.2, 0.25) is 0 Å². The van der Waals surface area contributed by atoms with Gasteiger partial charge in [0.2, 0.25) is 5.91 Å². The lowest BCUT2D eigenvalue weighted by Gasteiger charge is -2.09. The predicted molar refractivity (Wildman–Crippen MR) is 97.7 cm³/mol. The Bertz CT molecular complexity index is 1040. The zero-order valence-corrected chi connectivity index (χ0v) is 14.2. The second-order valence-electron chi connectivity index (χ2n) is 5.55. The summed E-state index contributed by atoms with van der Waals surface area (Å²) in [4.78, 5) is 35.4. The largest absolute Gasteiger partial charge is 0.497 e. The molecule has 7 heteroatoms. The number of carbonyl (C=O) groups excluding carboxylic acids is 2.